The summed E-state index contributed by atoms with van der Waals surface area (Å²) in [5.74, 6) is 0. The number of benzene rings is 1. The second-order valence-electron chi connectivity index (χ2n) is 9.20. The van der Waals surface area contributed by atoms with Crippen LogP contribution >= 0.6 is 23.2 Å². The number of nitriles is 1. The number of ether oxygens (including phenoxy) is 1. The molecule has 32 heavy (non-hydrogen) atoms. The number of halogens is 2. The molecule has 1 saturated heterocycles. The molecule has 1 heterocycles. The monoisotopic (exact) mass is 499 g/mol. The van der Waals surface area contributed by atoms with Gasteiger partial charge in [-0.15, -0.1) is 0 Å². The minimum absolute atomic E-state index is 0.0376. The number of sulfone groups is 1. The van der Waals surface area contributed by atoms with Crippen LogP contribution in [0.3, 0.4) is 0 Å². The number of hydrogen-bond donors (Lipinski definition) is 0. The molecule has 2 unspecified atom stereocenters. The average Bonchev–Trinajstić information content (AvgIpc) is 3.31. The Bertz CT molecular complexity index is 1070. The van der Waals surface area contributed by atoms with Crippen LogP contribution < -0.4 is 0 Å². The number of amides is 1. The van der Waals surface area contributed by atoms with E-state index in [1.165, 1.54) is 17.0 Å². The Morgan fingerprint density at radius 1 is 1.31 bits per heavy atom. The lowest BCUT2D eigenvalue weighted by Crippen LogP contribution is -2.44. The van der Waals surface area contributed by atoms with Crippen molar-refractivity contribution >= 4 is 44.8 Å². The van der Waals surface area contributed by atoms with Crippen molar-refractivity contribution in [3.8, 4) is 6.07 Å². The van der Waals surface area contributed by atoms with E-state index in [-0.39, 0.29) is 27.9 Å². The molecule has 1 amide bonds. The minimum Gasteiger partial charge on any atom is -0.444 e. The average molecular weight is 500 g/mol. The van der Waals surface area contributed by atoms with Gasteiger partial charge < -0.3 is 4.74 Å². The van der Waals surface area contributed by atoms with Gasteiger partial charge in [0, 0.05) is 12.3 Å². The smallest absolute Gasteiger partial charge is 0.410 e. The maximum Gasteiger partial charge on any atom is 0.410 e. The Labute approximate surface area is 199 Å². The lowest BCUT2D eigenvalue weighted by atomic mass is 10.1. The summed E-state index contributed by atoms with van der Waals surface area (Å²) in [6, 6.07) is 6.16. The quantitative estimate of drug-likeness (QED) is 0.527. The van der Waals surface area contributed by atoms with Gasteiger partial charge in [-0.25, -0.2) is 13.2 Å². The normalized spacial score (nSPS) is 23.0. The molecule has 1 saturated carbocycles. The molecule has 1 aromatic rings. The molecule has 0 radical (unpaired) electrons. The lowest BCUT2D eigenvalue weighted by Gasteiger charge is -2.29. The molecule has 7 nitrogen and oxygen atoms in total. The van der Waals surface area contributed by atoms with Crippen LogP contribution in [0.15, 0.2) is 28.1 Å². The summed E-state index contributed by atoms with van der Waals surface area (Å²) in [6.45, 7) is 7.04. The van der Waals surface area contributed by atoms with E-state index in [2.05, 4.69) is 11.1 Å². The maximum atomic E-state index is 13.5. The Morgan fingerprint density at radius 2 is 1.91 bits per heavy atom. The van der Waals surface area contributed by atoms with E-state index in [9.17, 15) is 18.5 Å². The van der Waals surface area contributed by atoms with Gasteiger partial charge in [0.05, 0.1) is 27.4 Å². The Morgan fingerprint density at radius 3 is 2.38 bits per heavy atom. The van der Waals surface area contributed by atoms with Crippen LogP contribution in [-0.2, 0) is 14.6 Å². The molecule has 0 N–H and O–H groups in total. The molecule has 1 aromatic carbocycles. The molecule has 2 aliphatic rings. The summed E-state index contributed by atoms with van der Waals surface area (Å²) in [4.78, 5) is 18.9. The third kappa shape index (κ3) is 5.05. The predicted octanol–water partition coefficient (Wildman–Crippen LogP) is 5.05. The molecule has 10 heteroatoms. The first-order valence-corrected chi connectivity index (χ1v) is 12.8. The van der Waals surface area contributed by atoms with E-state index in [1.807, 2.05) is 6.92 Å². The zero-order chi connectivity index (χ0) is 23.9. The van der Waals surface area contributed by atoms with Crippen molar-refractivity contribution in [3.63, 3.8) is 0 Å². The maximum absolute atomic E-state index is 13.5. The Hall–Kier alpha value is -1.82. The molecule has 2 atom stereocenters. The van der Waals surface area contributed by atoms with Crippen molar-refractivity contribution in [2.24, 2.45) is 4.99 Å². The first kappa shape index (κ1) is 24.8. The number of likely N-dealkylation sites (tertiary alicyclic amines) is 1. The highest BCUT2D eigenvalue weighted by Crippen LogP contribution is 2.41. The second-order valence-corrected chi connectivity index (χ2v) is 12.2. The number of rotatable bonds is 5. The van der Waals surface area contributed by atoms with Gasteiger partial charge in [0.15, 0.2) is 9.84 Å². The van der Waals surface area contributed by atoms with E-state index in [4.69, 9.17) is 27.9 Å². The van der Waals surface area contributed by atoms with Crippen molar-refractivity contribution < 1.29 is 17.9 Å². The Kier molecular flexibility index (Phi) is 6.86. The van der Waals surface area contributed by atoms with E-state index in [0.717, 1.165) is 0 Å². The molecule has 3 rings (SSSR count). The lowest BCUT2D eigenvalue weighted by molar-refractivity contribution is 0.0265. The van der Waals surface area contributed by atoms with Gasteiger partial charge in [-0.2, -0.15) is 5.26 Å². The van der Waals surface area contributed by atoms with Crippen molar-refractivity contribution in [1.82, 2.24) is 4.90 Å². The predicted molar refractivity (Wildman–Crippen MR) is 124 cm³/mol. The van der Waals surface area contributed by atoms with Gasteiger partial charge in [0.2, 0.25) is 0 Å². The van der Waals surface area contributed by atoms with Crippen LogP contribution in [0.1, 0.15) is 53.4 Å². The molecular formula is C22H27Cl2N3O4S. The molecule has 0 bridgehead atoms. The van der Waals surface area contributed by atoms with Crippen LogP contribution in [0.4, 0.5) is 4.79 Å². The zero-order valence-electron chi connectivity index (χ0n) is 18.6. The fourth-order valence-corrected chi connectivity index (χ4v) is 6.66. The van der Waals surface area contributed by atoms with E-state index < -0.39 is 38.4 Å². The van der Waals surface area contributed by atoms with Gasteiger partial charge in [-0.05, 0) is 58.6 Å². The molecule has 1 aliphatic heterocycles. The van der Waals surface area contributed by atoms with Crippen molar-refractivity contribution in [2.45, 2.75) is 80.7 Å². The van der Waals surface area contributed by atoms with E-state index in [0.29, 0.717) is 25.0 Å². The number of nitrogens with zero attached hydrogens (tertiary/aromatic N) is 3. The summed E-state index contributed by atoms with van der Waals surface area (Å²) in [7, 11) is -3.95. The molecule has 0 aromatic heterocycles. The first-order chi connectivity index (χ1) is 14.8. The highest BCUT2D eigenvalue weighted by atomic mass is 35.5. The second kappa shape index (κ2) is 8.85. The highest BCUT2D eigenvalue weighted by Gasteiger charge is 2.48. The van der Waals surface area contributed by atoms with Gasteiger partial charge >= 0.3 is 6.09 Å². The van der Waals surface area contributed by atoms with Gasteiger partial charge in [-0.1, -0.05) is 36.2 Å². The first-order valence-electron chi connectivity index (χ1n) is 10.5. The van der Waals surface area contributed by atoms with Crippen LogP contribution in [-0.4, -0.2) is 54.1 Å². The molecule has 2 fully saturated rings. The van der Waals surface area contributed by atoms with Crippen molar-refractivity contribution in [2.75, 3.05) is 6.54 Å². The summed E-state index contributed by atoms with van der Waals surface area (Å²) >= 11 is 12.4. The van der Waals surface area contributed by atoms with Crippen LogP contribution in [0.25, 0.3) is 0 Å². The number of aliphatic imine (C=N–C) groups is 1. The van der Waals surface area contributed by atoms with E-state index >= 15 is 0 Å². The summed E-state index contributed by atoms with van der Waals surface area (Å²) < 4.78 is 32.6. The number of carbonyl (C=O) groups excluding carboxylic acids is 1. The number of carbonyl (C=O) groups is 1. The fourth-order valence-electron chi connectivity index (χ4n) is 3.81. The summed E-state index contributed by atoms with van der Waals surface area (Å²) in [5, 5.41) is 8.61. The summed E-state index contributed by atoms with van der Waals surface area (Å²) in [5.41, 5.74) is -0.898. The highest BCUT2D eigenvalue weighted by molar-refractivity contribution is 7.92. The van der Waals surface area contributed by atoms with Gasteiger partial charge in [-0.3, -0.25) is 9.89 Å². The molecule has 1 aliphatic carbocycles. The summed E-state index contributed by atoms with van der Waals surface area (Å²) in [6.07, 6.45) is 1.30. The molecule has 174 valence electrons. The van der Waals surface area contributed by atoms with Crippen molar-refractivity contribution in [1.29, 1.82) is 5.26 Å². The van der Waals surface area contributed by atoms with E-state index in [1.54, 1.807) is 26.8 Å². The third-order valence-corrected chi connectivity index (χ3v) is 8.65. The largest absolute Gasteiger partial charge is 0.444 e. The minimum atomic E-state index is -3.95. The standard InChI is InChI=1S/C22H27Cl2N3O4S/c1-5-17(26-22(13-25)9-10-22)18-11-14(12-27(18)20(28)31-21(2,3)4)32(29,30)19-15(23)7-6-8-16(19)24/h6-8,14,18H,5,9-12H2,1-4H3. The fraction of sp³-hybridized carbons (Fsp3) is 0.591. The van der Waals surface area contributed by atoms with Crippen LogP contribution in [0.2, 0.25) is 10.0 Å². The van der Waals surface area contributed by atoms with Gasteiger partial charge in [0.1, 0.15) is 16.0 Å². The molecular weight excluding hydrogens is 473 g/mol. The van der Waals surface area contributed by atoms with Crippen LogP contribution in [0.5, 0.6) is 0 Å². The number of hydrogen-bond acceptors (Lipinski definition) is 6. The third-order valence-electron chi connectivity index (χ3n) is 5.57. The SMILES string of the molecule is CCC(=NC1(C#N)CC1)C1CC(S(=O)(=O)c2c(Cl)cccc2Cl)CN1C(=O)OC(C)(C)C. The van der Waals surface area contributed by atoms with Gasteiger partial charge in [0.25, 0.3) is 0 Å². The van der Waals surface area contributed by atoms with Crippen LogP contribution in [0, 0.1) is 11.3 Å². The molecule has 0 spiro atoms. The van der Waals surface area contributed by atoms with Crippen molar-refractivity contribution in [3.05, 3.63) is 28.2 Å². The Balaban J connectivity index is 2.01. The zero-order valence-corrected chi connectivity index (χ0v) is 20.9. The topological polar surface area (TPSA) is 99.8 Å².